The van der Waals surface area contributed by atoms with Crippen LogP contribution in [0, 0.1) is 0 Å². The highest BCUT2D eigenvalue weighted by atomic mass is 16.4. The van der Waals surface area contributed by atoms with Gasteiger partial charge in [0.05, 0.1) is 62.0 Å². The summed E-state index contributed by atoms with van der Waals surface area (Å²) in [5.74, 6) is -6.31. The van der Waals surface area contributed by atoms with Crippen LogP contribution in [0.2, 0.25) is 0 Å². The molecule has 0 saturated carbocycles. The molecular formula is C38H50N8O12. The smallest absolute Gasteiger partial charge is 0.317 e. The average Bonchev–Trinajstić information content (AvgIpc) is 3.09. The van der Waals surface area contributed by atoms with E-state index in [1.54, 1.807) is 65.8 Å². The summed E-state index contributed by atoms with van der Waals surface area (Å²) in [5, 5.41) is 57.2. The van der Waals surface area contributed by atoms with Crippen LogP contribution in [0.4, 0.5) is 0 Å². The molecule has 20 nitrogen and oxygen atoms in total. The number of rotatable bonds is 15. The molecule has 6 N–H and O–H groups in total. The topological polar surface area (TPSA) is 269 Å². The maximum Gasteiger partial charge on any atom is 0.317 e. The van der Waals surface area contributed by atoms with Crippen LogP contribution in [0.5, 0.6) is 0 Å². The van der Waals surface area contributed by atoms with Gasteiger partial charge in [-0.25, -0.2) is 0 Å². The highest BCUT2D eigenvalue weighted by molar-refractivity contribution is 5.71. The SMILES string of the molecule is O=C(O)CN1CCN(CC(=O)O)Cc2cc(C=CC=Cc3cc4nc(c3)CN(CC(=O)O)CCN(CC(=O)O)CCN(CC(=O)O)C4)cc(n2)CN(CC(=O)O)CC1. The molecule has 4 bridgehead atoms. The zero-order valence-electron chi connectivity index (χ0n) is 32.1. The Balaban J connectivity index is 1.63. The normalized spacial score (nSPS) is 17.9. The van der Waals surface area contributed by atoms with Crippen LogP contribution in [0.3, 0.4) is 0 Å². The second kappa shape index (κ2) is 22.3. The van der Waals surface area contributed by atoms with Crippen LogP contribution in [0.15, 0.2) is 36.4 Å². The molecule has 2 aromatic rings. The number of allylic oxidation sites excluding steroid dienone is 2. The van der Waals surface area contributed by atoms with E-state index >= 15 is 0 Å². The van der Waals surface area contributed by atoms with E-state index in [0.717, 1.165) is 11.1 Å². The maximum absolute atomic E-state index is 11.7. The molecule has 0 radical (unpaired) electrons. The Hall–Kier alpha value is -5.64. The van der Waals surface area contributed by atoms with Gasteiger partial charge >= 0.3 is 35.8 Å². The standard InChI is InChI=1S/C38H50N8O12/c47-33(48)21-41-5-9-43(23-35(51)52)17-29-13-27(14-30(39-29)18-44(10-6-41)24-36(53)54)3-1-2-4-28-15-31-19-45(25-37(55)56)11-7-42(22-34(49)50)8-12-46(26-38(57)58)20-32(16-28)40-31/h1-4,13-16H,5-12,17-26H2,(H,47,48)(H,49,50)(H,51,52)(H,53,54)(H,55,56)(H,57,58). The van der Waals surface area contributed by atoms with Crippen LogP contribution in [-0.2, 0) is 54.9 Å². The van der Waals surface area contributed by atoms with Gasteiger partial charge in [-0.1, -0.05) is 24.3 Å². The molecule has 2 aliphatic rings. The molecule has 0 unspecified atom stereocenters. The van der Waals surface area contributed by atoms with Gasteiger partial charge in [0.25, 0.3) is 0 Å². The molecule has 0 fully saturated rings. The lowest BCUT2D eigenvalue weighted by molar-refractivity contribution is -0.140. The Labute approximate surface area is 334 Å². The first-order valence-corrected chi connectivity index (χ1v) is 18.6. The van der Waals surface area contributed by atoms with Gasteiger partial charge in [0.1, 0.15) is 0 Å². The number of pyridine rings is 2. The number of hydrogen-bond donors (Lipinski definition) is 6. The lowest BCUT2D eigenvalue weighted by atomic mass is 10.1. The lowest BCUT2D eigenvalue weighted by Crippen LogP contribution is -2.44. The van der Waals surface area contributed by atoms with Crippen molar-refractivity contribution in [2.75, 3.05) is 91.6 Å². The van der Waals surface area contributed by atoms with Gasteiger partial charge in [-0.15, -0.1) is 0 Å². The molecular weight excluding hydrogens is 760 g/mol. The largest absolute Gasteiger partial charge is 0.480 e. The molecule has 2 aliphatic heterocycles. The van der Waals surface area contributed by atoms with Gasteiger partial charge in [0.15, 0.2) is 0 Å². The van der Waals surface area contributed by atoms with E-state index in [1.165, 1.54) is 0 Å². The van der Waals surface area contributed by atoms with E-state index in [-0.39, 0.29) is 118 Å². The van der Waals surface area contributed by atoms with Crippen molar-refractivity contribution >= 4 is 48.0 Å². The monoisotopic (exact) mass is 810 g/mol. The minimum absolute atomic E-state index is 0.147. The highest BCUT2D eigenvalue weighted by Crippen LogP contribution is 2.17. The number of carboxylic acid groups (broad SMARTS) is 6. The van der Waals surface area contributed by atoms with E-state index in [2.05, 4.69) is 0 Å². The molecule has 0 saturated heterocycles. The van der Waals surface area contributed by atoms with Crippen LogP contribution >= 0.6 is 0 Å². The first-order chi connectivity index (χ1) is 27.6. The fourth-order valence-electron chi connectivity index (χ4n) is 6.79. The third-order valence-electron chi connectivity index (χ3n) is 9.22. The quantitative estimate of drug-likeness (QED) is 0.124. The number of fused-ring (bicyclic) bond motifs is 4. The Morgan fingerprint density at radius 1 is 0.397 bits per heavy atom. The van der Waals surface area contributed by atoms with Gasteiger partial charge in [0, 0.05) is 78.5 Å². The van der Waals surface area contributed by atoms with Gasteiger partial charge in [-0.05, 0) is 35.4 Å². The molecule has 4 rings (SSSR count). The van der Waals surface area contributed by atoms with Crippen molar-refractivity contribution in [1.82, 2.24) is 39.4 Å². The summed E-state index contributed by atoms with van der Waals surface area (Å²) in [6.45, 7) is 0.764. The van der Waals surface area contributed by atoms with Crippen molar-refractivity contribution in [3.05, 3.63) is 70.3 Å². The van der Waals surface area contributed by atoms with Crippen molar-refractivity contribution in [2.45, 2.75) is 26.2 Å². The van der Waals surface area contributed by atoms with Crippen LogP contribution < -0.4 is 0 Å². The van der Waals surface area contributed by atoms with Crippen molar-refractivity contribution in [3.8, 4) is 0 Å². The molecule has 0 atom stereocenters. The summed E-state index contributed by atoms with van der Waals surface area (Å²) in [5.41, 5.74) is 3.61. The number of aromatic nitrogens is 2. The summed E-state index contributed by atoms with van der Waals surface area (Å²) in [6.07, 6.45) is 7.19. The second-order valence-corrected chi connectivity index (χ2v) is 14.2. The van der Waals surface area contributed by atoms with E-state index in [4.69, 9.17) is 9.97 Å². The minimum Gasteiger partial charge on any atom is -0.480 e. The fourth-order valence-corrected chi connectivity index (χ4v) is 6.79. The molecule has 314 valence electrons. The van der Waals surface area contributed by atoms with E-state index < -0.39 is 35.8 Å². The summed E-state index contributed by atoms with van der Waals surface area (Å²) in [6, 6.07) is 7.18. The van der Waals surface area contributed by atoms with E-state index in [9.17, 15) is 59.4 Å². The fraction of sp³-hybridized carbons (Fsp3) is 0.474. The summed E-state index contributed by atoms with van der Waals surface area (Å²) in [7, 11) is 0. The summed E-state index contributed by atoms with van der Waals surface area (Å²) < 4.78 is 0. The number of carbonyl (C=O) groups is 6. The summed E-state index contributed by atoms with van der Waals surface area (Å²) in [4.78, 5) is 89.4. The van der Waals surface area contributed by atoms with Gasteiger partial charge in [-0.3, -0.25) is 68.1 Å². The molecule has 0 amide bonds. The molecule has 4 heterocycles. The number of nitrogens with zero attached hydrogens (tertiary/aromatic N) is 8. The molecule has 0 aliphatic carbocycles. The highest BCUT2D eigenvalue weighted by Gasteiger charge is 2.22. The maximum atomic E-state index is 11.7. The first-order valence-electron chi connectivity index (χ1n) is 18.6. The van der Waals surface area contributed by atoms with Crippen molar-refractivity contribution in [3.63, 3.8) is 0 Å². The zero-order chi connectivity index (χ0) is 42.2. The average molecular weight is 811 g/mol. The first kappa shape index (κ1) is 45.1. The Morgan fingerprint density at radius 3 is 0.828 bits per heavy atom. The molecule has 58 heavy (non-hydrogen) atoms. The molecule has 2 aromatic heterocycles. The van der Waals surface area contributed by atoms with Crippen LogP contribution in [0.1, 0.15) is 33.9 Å². The van der Waals surface area contributed by atoms with Crippen molar-refractivity contribution in [2.24, 2.45) is 0 Å². The predicted molar refractivity (Wildman–Crippen MR) is 206 cm³/mol. The number of aliphatic carboxylic acids is 6. The zero-order valence-corrected chi connectivity index (χ0v) is 32.1. The minimum atomic E-state index is -1.05. The summed E-state index contributed by atoms with van der Waals surface area (Å²) >= 11 is 0. The predicted octanol–water partition coefficient (Wildman–Crippen LogP) is -0.450. The third-order valence-corrected chi connectivity index (χ3v) is 9.22. The van der Waals surface area contributed by atoms with E-state index in [1.807, 2.05) is 12.2 Å². The van der Waals surface area contributed by atoms with Crippen LogP contribution in [-0.4, -0.2) is 197 Å². The van der Waals surface area contributed by atoms with Crippen molar-refractivity contribution < 1.29 is 59.4 Å². The van der Waals surface area contributed by atoms with Gasteiger partial charge in [0.2, 0.25) is 0 Å². The van der Waals surface area contributed by atoms with Crippen molar-refractivity contribution in [1.29, 1.82) is 0 Å². The Bertz CT molecular complexity index is 1630. The van der Waals surface area contributed by atoms with E-state index in [0.29, 0.717) is 22.8 Å². The number of hydrogen-bond acceptors (Lipinski definition) is 14. The van der Waals surface area contributed by atoms with Crippen LogP contribution in [0.25, 0.3) is 12.2 Å². The second-order valence-electron chi connectivity index (χ2n) is 14.2. The Morgan fingerprint density at radius 2 is 0.603 bits per heavy atom. The molecule has 0 aromatic carbocycles. The molecule has 0 spiro atoms. The lowest BCUT2D eigenvalue weighted by Gasteiger charge is -2.29. The van der Waals surface area contributed by atoms with Gasteiger partial charge < -0.3 is 30.6 Å². The Kier molecular flexibility index (Phi) is 17.4. The molecule has 20 heteroatoms. The third kappa shape index (κ3) is 16.8. The van der Waals surface area contributed by atoms with Gasteiger partial charge in [-0.2, -0.15) is 0 Å². The number of carboxylic acids is 6.